The second-order valence-corrected chi connectivity index (χ2v) is 4.28. The van der Waals surface area contributed by atoms with Gasteiger partial charge in [0.15, 0.2) is 6.10 Å². The van der Waals surface area contributed by atoms with Gasteiger partial charge in [-0.15, -0.1) is 0 Å². The van der Waals surface area contributed by atoms with E-state index in [1.54, 1.807) is 6.92 Å². The molecule has 0 bridgehead atoms. The van der Waals surface area contributed by atoms with Gasteiger partial charge < -0.3 is 10.5 Å². The second kappa shape index (κ2) is 5.15. The summed E-state index contributed by atoms with van der Waals surface area (Å²) in [5.41, 5.74) is 6.71. The molecule has 2 N–H and O–H groups in total. The molecule has 1 aromatic rings. The Balaban J connectivity index is 3.02. The van der Waals surface area contributed by atoms with Gasteiger partial charge in [-0.3, -0.25) is 0 Å². The summed E-state index contributed by atoms with van der Waals surface area (Å²) in [7, 11) is 0. The normalized spacial score (nSPS) is 14.1. The van der Waals surface area contributed by atoms with Gasteiger partial charge in [0.1, 0.15) is 11.8 Å². The largest absolute Gasteiger partial charge is 0.476 e. The van der Waals surface area contributed by atoms with Crippen molar-refractivity contribution in [3.05, 3.63) is 28.2 Å². The lowest BCUT2D eigenvalue weighted by atomic mass is 10.1. The molecule has 15 heavy (non-hydrogen) atoms. The Hall–Kier alpha value is -1.05. The van der Waals surface area contributed by atoms with Crippen molar-refractivity contribution in [3.63, 3.8) is 0 Å². The van der Waals surface area contributed by atoms with Gasteiger partial charge in [-0.2, -0.15) is 5.26 Å². The lowest BCUT2D eigenvalue weighted by Gasteiger charge is -2.15. The minimum atomic E-state index is -0.469. The van der Waals surface area contributed by atoms with E-state index in [0.717, 1.165) is 10.0 Å². The molecule has 1 aromatic carbocycles. The Morgan fingerprint density at radius 3 is 2.67 bits per heavy atom. The molecule has 0 radical (unpaired) electrons. The quantitative estimate of drug-likeness (QED) is 0.917. The molecule has 80 valence electrons. The number of halogens is 1. The van der Waals surface area contributed by atoms with Crippen LogP contribution in [0.15, 0.2) is 22.7 Å². The molecule has 0 saturated heterocycles. The van der Waals surface area contributed by atoms with Gasteiger partial charge in [0, 0.05) is 16.1 Å². The van der Waals surface area contributed by atoms with Crippen molar-refractivity contribution in [1.29, 1.82) is 5.26 Å². The predicted octanol–water partition coefficient (Wildman–Crippen LogP) is 2.76. The van der Waals surface area contributed by atoms with Crippen LogP contribution in [0.25, 0.3) is 0 Å². The Morgan fingerprint density at radius 1 is 1.47 bits per heavy atom. The number of rotatable bonds is 3. The third-order valence-electron chi connectivity index (χ3n) is 1.95. The molecule has 3 nitrogen and oxygen atoms in total. The molecule has 1 rings (SSSR count). The van der Waals surface area contributed by atoms with Crippen LogP contribution in [0, 0.1) is 11.3 Å². The van der Waals surface area contributed by atoms with E-state index in [2.05, 4.69) is 15.9 Å². The van der Waals surface area contributed by atoms with Crippen LogP contribution < -0.4 is 10.5 Å². The van der Waals surface area contributed by atoms with Gasteiger partial charge in [-0.1, -0.05) is 15.9 Å². The Labute approximate surface area is 98.0 Å². The van der Waals surface area contributed by atoms with E-state index in [9.17, 15) is 0 Å². The minimum absolute atomic E-state index is 0.122. The predicted molar refractivity (Wildman–Crippen MR) is 62.4 cm³/mol. The monoisotopic (exact) mass is 268 g/mol. The van der Waals surface area contributed by atoms with E-state index < -0.39 is 6.10 Å². The number of hydrogen-bond acceptors (Lipinski definition) is 3. The van der Waals surface area contributed by atoms with Crippen molar-refractivity contribution in [2.75, 3.05) is 0 Å². The highest BCUT2D eigenvalue weighted by Gasteiger charge is 2.11. The first-order valence-corrected chi connectivity index (χ1v) is 5.45. The molecule has 1 unspecified atom stereocenters. The maximum Gasteiger partial charge on any atom is 0.181 e. The summed E-state index contributed by atoms with van der Waals surface area (Å²) in [6, 6.07) is 7.49. The van der Waals surface area contributed by atoms with Gasteiger partial charge in [-0.25, -0.2) is 0 Å². The van der Waals surface area contributed by atoms with Crippen molar-refractivity contribution in [2.24, 2.45) is 5.73 Å². The first kappa shape index (κ1) is 12.0. The lowest BCUT2D eigenvalue weighted by molar-refractivity contribution is 0.272. The van der Waals surface area contributed by atoms with Crippen molar-refractivity contribution >= 4 is 15.9 Å². The summed E-state index contributed by atoms with van der Waals surface area (Å²) in [5.74, 6) is 0.669. The zero-order chi connectivity index (χ0) is 11.4. The summed E-state index contributed by atoms with van der Waals surface area (Å²) >= 11 is 3.37. The van der Waals surface area contributed by atoms with E-state index in [1.807, 2.05) is 31.2 Å². The third-order valence-corrected chi connectivity index (χ3v) is 2.44. The highest BCUT2D eigenvalue weighted by atomic mass is 79.9. The molecule has 4 heteroatoms. The maximum absolute atomic E-state index is 8.66. The topological polar surface area (TPSA) is 59.0 Å². The Morgan fingerprint density at radius 2 is 2.13 bits per heavy atom. The highest BCUT2D eigenvalue weighted by Crippen LogP contribution is 2.28. The van der Waals surface area contributed by atoms with Crippen molar-refractivity contribution < 1.29 is 4.74 Å². The molecule has 0 aliphatic heterocycles. The van der Waals surface area contributed by atoms with Crippen molar-refractivity contribution in [1.82, 2.24) is 0 Å². The molecule has 0 aliphatic rings. The molecule has 0 heterocycles. The van der Waals surface area contributed by atoms with E-state index in [4.69, 9.17) is 15.7 Å². The zero-order valence-corrected chi connectivity index (χ0v) is 10.3. The molecule has 2 atom stereocenters. The number of benzene rings is 1. The fourth-order valence-electron chi connectivity index (χ4n) is 1.20. The number of ether oxygens (including phenoxy) is 1. The minimum Gasteiger partial charge on any atom is -0.476 e. The molecule has 0 spiro atoms. The van der Waals surface area contributed by atoms with Crippen LogP contribution in [0.2, 0.25) is 0 Å². The summed E-state index contributed by atoms with van der Waals surface area (Å²) in [4.78, 5) is 0. The van der Waals surface area contributed by atoms with E-state index >= 15 is 0 Å². The summed E-state index contributed by atoms with van der Waals surface area (Å²) in [6.07, 6.45) is -0.469. The first-order valence-electron chi connectivity index (χ1n) is 4.66. The van der Waals surface area contributed by atoms with Crippen LogP contribution in [0.3, 0.4) is 0 Å². The molecule has 0 fully saturated rings. The van der Waals surface area contributed by atoms with E-state index in [1.165, 1.54) is 0 Å². The molecular weight excluding hydrogens is 256 g/mol. The fraction of sp³-hybridized carbons (Fsp3) is 0.364. The summed E-state index contributed by atoms with van der Waals surface area (Å²) in [5, 5.41) is 8.66. The SMILES string of the molecule is CC(C#N)Oc1ccc(Br)cc1[C@H](C)N. The molecule has 0 aromatic heterocycles. The van der Waals surface area contributed by atoms with E-state index in [-0.39, 0.29) is 6.04 Å². The van der Waals surface area contributed by atoms with Crippen molar-refractivity contribution in [2.45, 2.75) is 26.0 Å². The van der Waals surface area contributed by atoms with Gasteiger partial charge in [-0.05, 0) is 32.0 Å². The third kappa shape index (κ3) is 3.22. The number of nitriles is 1. The van der Waals surface area contributed by atoms with Gasteiger partial charge >= 0.3 is 0 Å². The maximum atomic E-state index is 8.66. The van der Waals surface area contributed by atoms with Gasteiger partial charge in [0.05, 0.1) is 0 Å². The average Bonchev–Trinajstić information content (AvgIpc) is 2.20. The first-order chi connectivity index (χ1) is 7.04. The second-order valence-electron chi connectivity index (χ2n) is 3.36. The molecular formula is C11H13BrN2O. The van der Waals surface area contributed by atoms with Crippen LogP contribution in [-0.4, -0.2) is 6.10 Å². The van der Waals surface area contributed by atoms with Crippen LogP contribution in [-0.2, 0) is 0 Å². The fourth-order valence-corrected chi connectivity index (χ4v) is 1.58. The molecule has 0 amide bonds. The van der Waals surface area contributed by atoms with Crippen molar-refractivity contribution in [3.8, 4) is 11.8 Å². The number of nitrogens with two attached hydrogens (primary N) is 1. The molecule has 0 saturated carbocycles. The Kier molecular flexibility index (Phi) is 4.13. The van der Waals surface area contributed by atoms with Gasteiger partial charge in [0.2, 0.25) is 0 Å². The van der Waals surface area contributed by atoms with Crippen LogP contribution in [0.5, 0.6) is 5.75 Å². The smallest absolute Gasteiger partial charge is 0.181 e. The summed E-state index contributed by atoms with van der Waals surface area (Å²) in [6.45, 7) is 3.58. The standard InChI is InChI=1S/C11H13BrN2O/c1-7(6-13)15-11-4-3-9(12)5-10(11)8(2)14/h3-5,7-8H,14H2,1-2H3/t7?,8-/m0/s1. The number of hydrogen-bond donors (Lipinski definition) is 1. The Bertz CT molecular complexity index is 385. The average molecular weight is 269 g/mol. The lowest BCUT2D eigenvalue weighted by Crippen LogP contribution is -2.13. The zero-order valence-electron chi connectivity index (χ0n) is 8.70. The van der Waals surface area contributed by atoms with Crippen LogP contribution in [0.1, 0.15) is 25.5 Å². The highest BCUT2D eigenvalue weighted by molar-refractivity contribution is 9.10. The van der Waals surface area contributed by atoms with E-state index in [0.29, 0.717) is 5.75 Å². The number of nitrogens with zero attached hydrogens (tertiary/aromatic N) is 1. The molecule has 0 aliphatic carbocycles. The van der Waals surface area contributed by atoms with Crippen LogP contribution >= 0.6 is 15.9 Å². The van der Waals surface area contributed by atoms with Gasteiger partial charge in [0.25, 0.3) is 0 Å². The summed E-state index contributed by atoms with van der Waals surface area (Å²) < 4.78 is 6.40. The van der Waals surface area contributed by atoms with Crippen LogP contribution in [0.4, 0.5) is 0 Å².